The molecule has 1 saturated heterocycles. The molecule has 0 amide bonds. The largest absolute Gasteiger partial charge is 0.468 e. The van der Waals surface area contributed by atoms with Crippen LogP contribution in [0.25, 0.3) is 0 Å². The van der Waals surface area contributed by atoms with E-state index in [9.17, 15) is 9.82 Å². The van der Waals surface area contributed by atoms with Crippen molar-refractivity contribution in [3.8, 4) is 0 Å². The molecule has 0 aromatic carbocycles. The van der Waals surface area contributed by atoms with E-state index in [4.69, 9.17) is 5.73 Å². The molecular formula is C8H17BN2O3. The summed E-state index contributed by atoms with van der Waals surface area (Å²) in [4.78, 5) is 13.1. The summed E-state index contributed by atoms with van der Waals surface area (Å²) in [7, 11) is 0.717. The fourth-order valence-electron chi connectivity index (χ4n) is 1.83. The van der Waals surface area contributed by atoms with Gasteiger partial charge in [-0.3, -0.25) is 4.79 Å². The van der Waals surface area contributed by atoms with Gasteiger partial charge in [-0.25, -0.2) is 0 Å². The van der Waals surface area contributed by atoms with Gasteiger partial charge in [0.2, 0.25) is 0 Å². The topological polar surface area (TPSA) is 75.8 Å². The molecule has 0 radical (unpaired) electrons. The lowest BCUT2D eigenvalue weighted by atomic mass is 9.79. The van der Waals surface area contributed by atoms with Crippen molar-refractivity contribution in [3.05, 3.63) is 0 Å². The summed E-state index contributed by atoms with van der Waals surface area (Å²) in [6.45, 7) is 2.28. The standard InChI is InChI=1S/C8H17BN2O3/c1-9(13)11-4-3-6(10)5-7(11)8(12)14-2/h6-7,13H,3-5,10H2,1-2H3/t6-,7-/m1/s1. The number of carbonyl (C=O) groups excluding carboxylic acids is 1. The van der Waals surface area contributed by atoms with Crippen molar-refractivity contribution in [1.82, 2.24) is 4.81 Å². The molecule has 1 fully saturated rings. The molecule has 5 nitrogen and oxygen atoms in total. The third-order valence-electron chi connectivity index (χ3n) is 2.64. The maximum Gasteiger partial charge on any atom is 0.377 e. The first-order chi connectivity index (χ1) is 6.56. The molecule has 80 valence electrons. The van der Waals surface area contributed by atoms with Crippen molar-refractivity contribution in [3.63, 3.8) is 0 Å². The number of piperidine rings is 1. The Hall–Kier alpha value is -0.585. The Balaban J connectivity index is 2.68. The van der Waals surface area contributed by atoms with Gasteiger partial charge >= 0.3 is 13.0 Å². The first kappa shape index (κ1) is 11.5. The fourth-order valence-corrected chi connectivity index (χ4v) is 1.83. The predicted octanol–water partition coefficient (Wildman–Crippen LogP) is -0.939. The molecule has 1 heterocycles. The summed E-state index contributed by atoms with van der Waals surface area (Å²) < 4.78 is 4.67. The Morgan fingerprint density at radius 2 is 2.36 bits per heavy atom. The Labute approximate surface area is 84.3 Å². The highest BCUT2D eigenvalue weighted by Gasteiger charge is 2.36. The van der Waals surface area contributed by atoms with Crippen LogP contribution in [0.4, 0.5) is 0 Å². The number of hydrogen-bond donors (Lipinski definition) is 2. The Kier molecular flexibility index (Phi) is 3.91. The normalized spacial score (nSPS) is 28.6. The maximum absolute atomic E-state index is 11.4. The van der Waals surface area contributed by atoms with Crippen LogP contribution in [0.15, 0.2) is 0 Å². The molecule has 0 unspecified atom stereocenters. The molecule has 1 aliphatic heterocycles. The number of rotatable bonds is 2. The lowest BCUT2D eigenvalue weighted by Crippen LogP contribution is -2.56. The summed E-state index contributed by atoms with van der Waals surface area (Å²) >= 11 is 0. The van der Waals surface area contributed by atoms with E-state index in [-0.39, 0.29) is 12.0 Å². The molecule has 0 bridgehead atoms. The highest BCUT2D eigenvalue weighted by molar-refractivity contribution is 6.45. The SMILES string of the molecule is COC(=O)[C@H]1C[C@H](N)CCN1B(C)O. The second-order valence-electron chi connectivity index (χ2n) is 3.69. The number of nitrogens with two attached hydrogens (primary N) is 1. The second kappa shape index (κ2) is 4.77. The fraction of sp³-hybridized carbons (Fsp3) is 0.875. The summed E-state index contributed by atoms with van der Waals surface area (Å²) in [6, 6.07) is -0.377. The monoisotopic (exact) mass is 200 g/mol. The van der Waals surface area contributed by atoms with Crippen molar-refractivity contribution in [2.45, 2.75) is 31.7 Å². The van der Waals surface area contributed by atoms with Crippen LogP contribution >= 0.6 is 0 Å². The molecule has 0 aromatic heterocycles. The molecule has 1 aliphatic rings. The van der Waals surface area contributed by atoms with Crippen molar-refractivity contribution in [1.29, 1.82) is 0 Å². The average Bonchev–Trinajstić information content (AvgIpc) is 2.16. The van der Waals surface area contributed by atoms with E-state index >= 15 is 0 Å². The Bertz CT molecular complexity index is 213. The first-order valence-electron chi connectivity index (χ1n) is 4.83. The second-order valence-corrected chi connectivity index (χ2v) is 3.69. The van der Waals surface area contributed by atoms with Gasteiger partial charge in [0.1, 0.15) is 6.04 Å². The molecule has 3 N–H and O–H groups in total. The molecule has 0 aromatic rings. The van der Waals surface area contributed by atoms with Crippen LogP contribution in [0.5, 0.6) is 0 Å². The molecular weight excluding hydrogens is 183 g/mol. The van der Waals surface area contributed by atoms with Crippen molar-refractivity contribution in [2.24, 2.45) is 5.73 Å². The lowest BCUT2D eigenvalue weighted by Gasteiger charge is -2.37. The molecule has 2 atom stereocenters. The Morgan fingerprint density at radius 3 is 2.86 bits per heavy atom. The molecule has 1 rings (SSSR count). The molecule has 0 spiro atoms. The van der Waals surface area contributed by atoms with Crippen LogP contribution in [0.1, 0.15) is 12.8 Å². The first-order valence-corrected chi connectivity index (χ1v) is 4.83. The maximum atomic E-state index is 11.4. The molecule has 14 heavy (non-hydrogen) atoms. The van der Waals surface area contributed by atoms with Gasteiger partial charge in [0.25, 0.3) is 0 Å². The summed E-state index contributed by atoms with van der Waals surface area (Å²) in [5, 5.41) is 9.46. The number of ether oxygens (including phenoxy) is 1. The summed E-state index contributed by atoms with van der Waals surface area (Å²) in [5.41, 5.74) is 5.76. The van der Waals surface area contributed by atoms with Crippen LogP contribution in [0.2, 0.25) is 6.82 Å². The molecule has 0 aliphatic carbocycles. The van der Waals surface area contributed by atoms with E-state index in [0.29, 0.717) is 13.0 Å². The number of methoxy groups -OCH3 is 1. The van der Waals surface area contributed by atoms with Gasteiger partial charge in [-0.15, -0.1) is 0 Å². The third-order valence-corrected chi connectivity index (χ3v) is 2.64. The summed E-state index contributed by atoms with van der Waals surface area (Å²) in [5.74, 6) is -0.318. The number of nitrogens with zero attached hydrogens (tertiary/aromatic N) is 1. The highest BCUT2D eigenvalue weighted by Crippen LogP contribution is 2.18. The minimum Gasteiger partial charge on any atom is -0.468 e. The van der Waals surface area contributed by atoms with Gasteiger partial charge < -0.3 is 20.3 Å². The average molecular weight is 200 g/mol. The van der Waals surface area contributed by atoms with E-state index in [2.05, 4.69) is 4.74 Å². The number of hydrogen-bond acceptors (Lipinski definition) is 5. The predicted molar refractivity (Wildman–Crippen MR) is 53.6 cm³/mol. The van der Waals surface area contributed by atoms with E-state index in [1.54, 1.807) is 11.6 Å². The van der Waals surface area contributed by atoms with Gasteiger partial charge in [-0.1, -0.05) is 0 Å². The van der Waals surface area contributed by atoms with Crippen molar-refractivity contribution >= 4 is 13.0 Å². The number of carbonyl (C=O) groups is 1. The van der Waals surface area contributed by atoms with E-state index in [0.717, 1.165) is 6.42 Å². The van der Waals surface area contributed by atoms with E-state index in [1.807, 2.05) is 0 Å². The highest BCUT2D eigenvalue weighted by atomic mass is 16.5. The van der Waals surface area contributed by atoms with Gasteiger partial charge in [0.05, 0.1) is 7.11 Å². The van der Waals surface area contributed by atoms with Crippen LogP contribution in [0, 0.1) is 0 Å². The van der Waals surface area contributed by atoms with Crippen LogP contribution in [0.3, 0.4) is 0 Å². The number of esters is 1. The van der Waals surface area contributed by atoms with Crippen LogP contribution in [-0.2, 0) is 9.53 Å². The lowest BCUT2D eigenvalue weighted by molar-refractivity contribution is -0.146. The van der Waals surface area contributed by atoms with Crippen molar-refractivity contribution < 1.29 is 14.6 Å². The van der Waals surface area contributed by atoms with E-state index in [1.165, 1.54) is 7.11 Å². The third kappa shape index (κ3) is 2.46. The van der Waals surface area contributed by atoms with Crippen LogP contribution < -0.4 is 5.73 Å². The minimum atomic E-state index is -0.633. The summed E-state index contributed by atoms with van der Waals surface area (Å²) in [6.07, 6.45) is 1.36. The zero-order chi connectivity index (χ0) is 10.7. The van der Waals surface area contributed by atoms with Gasteiger partial charge in [-0.2, -0.15) is 0 Å². The minimum absolute atomic E-state index is 0.0223. The van der Waals surface area contributed by atoms with Gasteiger partial charge in [-0.05, 0) is 26.2 Å². The zero-order valence-electron chi connectivity index (χ0n) is 8.64. The zero-order valence-corrected chi connectivity index (χ0v) is 8.64. The molecule has 0 saturated carbocycles. The van der Waals surface area contributed by atoms with E-state index < -0.39 is 13.1 Å². The van der Waals surface area contributed by atoms with Crippen molar-refractivity contribution in [2.75, 3.05) is 13.7 Å². The van der Waals surface area contributed by atoms with Gasteiger partial charge in [0.15, 0.2) is 0 Å². The quantitative estimate of drug-likeness (QED) is 0.444. The van der Waals surface area contributed by atoms with Gasteiger partial charge in [0, 0.05) is 6.04 Å². The smallest absolute Gasteiger partial charge is 0.377 e. The van der Waals surface area contributed by atoms with Crippen LogP contribution in [-0.4, -0.2) is 48.6 Å². The molecule has 6 heteroatoms. The Morgan fingerprint density at radius 1 is 1.71 bits per heavy atom.